The fourth-order valence-corrected chi connectivity index (χ4v) is 2.34. The Morgan fingerprint density at radius 2 is 2.00 bits per heavy atom. The molecule has 0 saturated carbocycles. The Morgan fingerprint density at radius 1 is 1.33 bits per heavy atom. The van der Waals surface area contributed by atoms with Gasteiger partial charge in [-0.3, -0.25) is 4.57 Å². The zero-order valence-electron chi connectivity index (χ0n) is 9.18. The molecule has 18 heavy (non-hydrogen) atoms. The van der Waals surface area contributed by atoms with Gasteiger partial charge in [-0.1, -0.05) is 0 Å². The SMILES string of the molecule is Cc1c[nH]c(=S)n1-c1cc(C(F)(F)F)ccc1Br. The van der Waals surface area contributed by atoms with Crippen molar-refractivity contribution in [1.82, 2.24) is 9.55 Å². The summed E-state index contributed by atoms with van der Waals surface area (Å²) in [7, 11) is 0. The molecular formula is C11H8BrF3N2S. The molecule has 0 aliphatic rings. The molecule has 96 valence electrons. The highest BCUT2D eigenvalue weighted by Gasteiger charge is 2.31. The highest BCUT2D eigenvalue weighted by Crippen LogP contribution is 2.33. The van der Waals surface area contributed by atoms with E-state index in [1.807, 2.05) is 0 Å². The summed E-state index contributed by atoms with van der Waals surface area (Å²) < 4.78 is 40.5. The molecule has 2 aromatic rings. The van der Waals surface area contributed by atoms with Crippen molar-refractivity contribution in [3.8, 4) is 5.69 Å². The van der Waals surface area contributed by atoms with Crippen LogP contribution < -0.4 is 0 Å². The number of H-pyrrole nitrogens is 1. The van der Waals surface area contributed by atoms with Gasteiger partial charge < -0.3 is 4.98 Å². The minimum absolute atomic E-state index is 0.354. The molecule has 0 atom stereocenters. The van der Waals surface area contributed by atoms with Gasteiger partial charge in [0, 0.05) is 16.4 Å². The van der Waals surface area contributed by atoms with E-state index in [1.165, 1.54) is 6.07 Å². The molecule has 7 heteroatoms. The van der Waals surface area contributed by atoms with Gasteiger partial charge in [0.1, 0.15) is 0 Å². The number of benzene rings is 1. The van der Waals surface area contributed by atoms with Crippen LogP contribution in [-0.2, 0) is 6.18 Å². The summed E-state index contributed by atoms with van der Waals surface area (Å²) >= 11 is 8.30. The van der Waals surface area contributed by atoms with Crippen LogP contribution in [0.15, 0.2) is 28.9 Å². The smallest absolute Gasteiger partial charge is 0.337 e. The van der Waals surface area contributed by atoms with Gasteiger partial charge in [0.15, 0.2) is 4.77 Å². The third-order valence-corrected chi connectivity index (χ3v) is 3.45. The van der Waals surface area contributed by atoms with Crippen molar-refractivity contribution < 1.29 is 13.2 Å². The Hall–Kier alpha value is -1.08. The Labute approximate surface area is 115 Å². The summed E-state index contributed by atoms with van der Waals surface area (Å²) in [5.41, 5.74) is 0.400. The maximum absolute atomic E-state index is 12.7. The molecular weight excluding hydrogens is 329 g/mol. The van der Waals surface area contributed by atoms with Crippen molar-refractivity contribution >= 4 is 28.1 Å². The minimum Gasteiger partial charge on any atom is -0.337 e. The Morgan fingerprint density at radius 3 is 2.50 bits per heavy atom. The van der Waals surface area contributed by atoms with Gasteiger partial charge in [0.05, 0.1) is 11.3 Å². The first-order chi connectivity index (χ1) is 8.30. The van der Waals surface area contributed by atoms with E-state index in [0.29, 0.717) is 14.9 Å². The van der Waals surface area contributed by atoms with Gasteiger partial charge in [-0.05, 0) is 53.3 Å². The zero-order chi connectivity index (χ0) is 13.5. The molecule has 0 aliphatic heterocycles. The molecule has 0 bridgehead atoms. The number of nitrogens with zero attached hydrogens (tertiary/aromatic N) is 1. The molecule has 0 aliphatic carbocycles. The first-order valence-corrected chi connectivity index (χ1v) is 6.15. The zero-order valence-corrected chi connectivity index (χ0v) is 11.6. The van der Waals surface area contributed by atoms with Crippen LogP contribution >= 0.6 is 28.1 Å². The van der Waals surface area contributed by atoms with Gasteiger partial charge in [0.25, 0.3) is 0 Å². The molecule has 0 saturated heterocycles. The number of halogens is 4. The van der Waals surface area contributed by atoms with E-state index in [2.05, 4.69) is 20.9 Å². The number of alkyl halides is 3. The summed E-state index contributed by atoms with van der Waals surface area (Å²) in [4.78, 5) is 2.80. The number of hydrogen-bond acceptors (Lipinski definition) is 1. The lowest BCUT2D eigenvalue weighted by Crippen LogP contribution is -2.07. The highest BCUT2D eigenvalue weighted by molar-refractivity contribution is 9.10. The average Bonchev–Trinajstić information content (AvgIpc) is 2.58. The third kappa shape index (κ3) is 2.37. The Balaban J connectivity index is 2.69. The lowest BCUT2D eigenvalue weighted by Gasteiger charge is -2.12. The number of nitrogens with one attached hydrogen (secondary N) is 1. The first kappa shape index (κ1) is 13.4. The van der Waals surface area contributed by atoms with Crippen molar-refractivity contribution in [2.45, 2.75) is 13.1 Å². The Kier molecular flexibility index (Phi) is 3.37. The molecule has 1 N–H and O–H groups in total. The average molecular weight is 337 g/mol. The van der Waals surface area contributed by atoms with Gasteiger partial charge in [0.2, 0.25) is 0 Å². The highest BCUT2D eigenvalue weighted by atomic mass is 79.9. The number of imidazole rings is 1. The lowest BCUT2D eigenvalue weighted by atomic mass is 10.2. The van der Waals surface area contributed by atoms with Crippen LogP contribution in [0.2, 0.25) is 0 Å². The van der Waals surface area contributed by atoms with Crippen LogP contribution in [0.25, 0.3) is 5.69 Å². The predicted octanol–water partition coefficient (Wildman–Crippen LogP) is 4.62. The second-order valence-corrected chi connectivity index (χ2v) is 4.98. The molecule has 1 aromatic heterocycles. The summed E-state index contributed by atoms with van der Waals surface area (Å²) in [5, 5.41) is 0. The monoisotopic (exact) mass is 336 g/mol. The van der Waals surface area contributed by atoms with Gasteiger partial charge in [-0.15, -0.1) is 0 Å². The maximum atomic E-state index is 12.7. The quantitative estimate of drug-likeness (QED) is 0.753. The molecule has 0 radical (unpaired) electrons. The predicted molar refractivity (Wildman–Crippen MR) is 68.4 cm³/mol. The number of aromatic nitrogens is 2. The Bertz CT molecular complexity index is 642. The molecule has 0 unspecified atom stereocenters. The van der Waals surface area contributed by atoms with Crippen molar-refractivity contribution in [1.29, 1.82) is 0 Å². The third-order valence-electron chi connectivity index (χ3n) is 2.47. The second kappa shape index (κ2) is 4.55. The normalized spacial score (nSPS) is 11.8. The largest absolute Gasteiger partial charge is 0.416 e. The summed E-state index contributed by atoms with van der Waals surface area (Å²) in [6, 6.07) is 3.46. The van der Waals surface area contributed by atoms with Crippen LogP contribution in [0.4, 0.5) is 13.2 Å². The molecule has 1 aromatic carbocycles. The summed E-state index contributed by atoms with van der Waals surface area (Å²) in [6.07, 6.45) is -2.73. The van der Waals surface area contributed by atoms with E-state index in [-0.39, 0.29) is 0 Å². The van der Waals surface area contributed by atoms with E-state index in [1.54, 1.807) is 17.7 Å². The number of rotatable bonds is 1. The number of aryl methyl sites for hydroxylation is 1. The van der Waals surface area contributed by atoms with E-state index >= 15 is 0 Å². The van der Waals surface area contributed by atoms with Crippen LogP contribution in [0.3, 0.4) is 0 Å². The van der Waals surface area contributed by atoms with E-state index in [0.717, 1.165) is 17.8 Å². The van der Waals surface area contributed by atoms with Gasteiger partial charge in [-0.2, -0.15) is 13.2 Å². The standard InChI is InChI=1S/C11H8BrF3N2S/c1-6-5-16-10(18)17(6)9-4-7(11(13,14)15)2-3-8(9)12/h2-5H,1H3,(H,16,18). The van der Waals surface area contributed by atoms with Crippen LogP contribution in [0.5, 0.6) is 0 Å². The van der Waals surface area contributed by atoms with Crippen LogP contribution in [0, 0.1) is 11.7 Å². The van der Waals surface area contributed by atoms with Crippen molar-refractivity contribution in [3.05, 3.63) is 44.9 Å². The molecule has 0 amide bonds. The molecule has 0 fully saturated rings. The van der Waals surface area contributed by atoms with Crippen LogP contribution in [0.1, 0.15) is 11.3 Å². The maximum Gasteiger partial charge on any atom is 0.416 e. The van der Waals surface area contributed by atoms with Crippen LogP contribution in [-0.4, -0.2) is 9.55 Å². The number of hydrogen-bond donors (Lipinski definition) is 1. The molecule has 0 spiro atoms. The number of aromatic amines is 1. The fourth-order valence-electron chi connectivity index (χ4n) is 1.62. The summed E-state index contributed by atoms with van der Waals surface area (Å²) in [5.74, 6) is 0. The van der Waals surface area contributed by atoms with E-state index in [9.17, 15) is 13.2 Å². The first-order valence-electron chi connectivity index (χ1n) is 4.95. The lowest BCUT2D eigenvalue weighted by molar-refractivity contribution is -0.137. The molecule has 1 heterocycles. The van der Waals surface area contributed by atoms with Crippen molar-refractivity contribution in [2.24, 2.45) is 0 Å². The minimum atomic E-state index is -4.37. The van der Waals surface area contributed by atoms with E-state index < -0.39 is 11.7 Å². The second-order valence-electron chi connectivity index (χ2n) is 3.73. The van der Waals surface area contributed by atoms with Crippen molar-refractivity contribution in [3.63, 3.8) is 0 Å². The molecule has 2 rings (SSSR count). The van der Waals surface area contributed by atoms with Gasteiger partial charge in [-0.25, -0.2) is 0 Å². The van der Waals surface area contributed by atoms with Crippen molar-refractivity contribution in [2.75, 3.05) is 0 Å². The summed E-state index contributed by atoms with van der Waals surface area (Å²) in [6.45, 7) is 1.76. The van der Waals surface area contributed by atoms with E-state index in [4.69, 9.17) is 12.2 Å². The topological polar surface area (TPSA) is 20.7 Å². The molecule has 2 nitrogen and oxygen atoms in total. The van der Waals surface area contributed by atoms with Gasteiger partial charge >= 0.3 is 6.18 Å². The fraction of sp³-hybridized carbons (Fsp3) is 0.182.